The molecule has 0 saturated heterocycles. The maximum absolute atomic E-state index is 5.97. The lowest BCUT2D eigenvalue weighted by Crippen LogP contribution is -2.15. The van der Waals surface area contributed by atoms with E-state index in [1.165, 1.54) is 35.1 Å². The van der Waals surface area contributed by atoms with E-state index in [1.807, 2.05) is 6.07 Å². The first kappa shape index (κ1) is 14.2. The normalized spacial score (nSPS) is 14.2. The van der Waals surface area contributed by atoms with Crippen LogP contribution in [-0.4, -0.2) is 6.04 Å². The Balaban J connectivity index is 1.70. The fraction of sp³-hybridized carbons (Fsp3) is 0.368. The number of ether oxygens (including phenoxy) is 1. The fourth-order valence-electron chi connectivity index (χ4n) is 2.39. The summed E-state index contributed by atoms with van der Waals surface area (Å²) in [5.74, 6) is 1.81. The van der Waals surface area contributed by atoms with Gasteiger partial charge in [0.2, 0.25) is 0 Å². The fourth-order valence-corrected chi connectivity index (χ4v) is 2.39. The summed E-state index contributed by atoms with van der Waals surface area (Å²) in [6, 6.07) is 13.3. The second-order valence-corrected chi connectivity index (χ2v) is 6.09. The van der Waals surface area contributed by atoms with Crippen LogP contribution >= 0.6 is 0 Å². The smallest absolute Gasteiger partial charge is 0.127 e. The minimum atomic E-state index is 0.746. The summed E-state index contributed by atoms with van der Waals surface area (Å²) < 4.78 is 5.97. The zero-order chi connectivity index (χ0) is 14.8. The maximum Gasteiger partial charge on any atom is 0.127 e. The number of nitrogens with one attached hydrogen (secondary N) is 1. The van der Waals surface area contributed by atoms with Crippen molar-refractivity contribution in [1.29, 1.82) is 0 Å². The van der Waals surface area contributed by atoms with Crippen molar-refractivity contribution in [3.8, 4) is 11.5 Å². The quantitative estimate of drug-likeness (QED) is 0.861. The number of benzene rings is 2. The lowest BCUT2D eigenvalue weighted by atomic mass is 10.1. The van der Waals surface area contributed by atoms with E-state index in [1.54, 1.807) is 0 Å². The molecular weight excluding hydrogens is 258 g/mol. The molecule has 0 aliphatic heterocycles. The van der Waals surface area contributed by atoms with Crippen molar-refractivity contribution >= 4 is 0 Å². The summed E-state index contributed by atoms with van der Waals surface area (Å²) in [5, 5.41) is 3.56. The van der Waals surface area contributed by atoms with Crippen molar-refractivity contribution < 1.29 is 4.74 Å². The monoisotopic (exact) mass is 281 g/mol. The Morgan fingerprint density at radius 1 is 0.905 bits per heavy atom. The summed E-state index contributed by atoms with van der Waals surface area (Å²) in [6.07, 6.45) is 2.65. The van der Waals surface area contributed by atoms with Crippen LogP contribution in [0.15, 0.2) is 36.4 Å². The molecule has 1 fully saturated rings. The Kier molecular flexibility index (Phi) is 3.98. The van der Waals surface area contributed by atoms with Crippen molar-refractivity contribution in [2.75, 3.05) is 0 Å². The van der Waals surface area contributed by atoms with Crippen LogP contribution in [0.4, 0.5) is 0 Å². The first-order valence-electron chi connectivity index (χ1n) is 7.70. The number of hydrogen-bond acceptors (Lipinski definition) is 2. The van der Waals surface area contributed by atoms with Crippen LogP contribution in [-0.2, 0) is 6.54 Å². The van der Waals surface area contributed by atoms with Gasteiger partial charge in [0.05, 0.1) is 0 Å². The van der Waals surface area contributed by atoms with Crippen molar-refractivity contribution in [2.24, 2.45) is 0 Å². The highest BCUT2D eigenvalue weighted by molar-refractivity contribution is 5.40. The predicted molar refractivity (Wildman–Crippen MR) is 87.0 cm³/mol. The molecule has 2 heteroatoms. The lowest BCUT2D eigenvalue weighted by Gasteiger charge is -2.11. The molecule has 0 bridgehead atoms. The Morgan fingerprint density at radius 2 is 1.57 bits per heavy atom. The third kappa shape index (κ3) is 3.64. The number of hydrogen-bond donors (Lipinski definition) is 1. The Bertz CT molecular complexity index is 644. The van der Waals surface area contributed by atoms with Crippen molar-refractivity contribution in [1.82, 2.24) is 5.32 Å². The van der Waals surface area contributed by atoms with Crippen LogP contribution < -0.4 is 10.1 Å². The lowest BCUT2D eigenvalue weighted by molar-refractivity contribution is 0.481. The molecular formula is C19H23NO. The van der Waals surface area contributed by atoms with Gasteiger partial charge in [-0.05, 0) is 80.1 Å². The summed E-state index contributed by atoms with van der Waals surface area (Å²) in [4.78, 5) is 0. The number of aryl methyl sites for hydroxylation is 3. The average Bonchev–Trinajstić information content (AvgIpc) is 3.26. The molecule has 110 valence electrons. The molecule has 2 nitrogen and oxygen atoms in total. The maximum atomic E-state index is 5.97. The molecule has 0 unspecified atom stereocenters. The summed E-state index contributed by atoms with van der Waals surface area (Å²) in [7, 11) is 0. The highest BCUT2D eigenvalue weighted by atomic mass is 16.5. The van der Waals surface area contributed by atoms with Crippen LogP contribution in [0, 0.1) is 20.8 Å². The third-order valence-corrected chi connectivity index (χ3v) is 4.19. The van der Waals surface area contributed by atoms with E-state index in [0.717, 1.165) is 24.1 Å². The molecule has 1 aliphatic carbocycles. The van der Waals surface area contributed by atoms with Gasteiger partial charge in [0.15, 0.2) is 0 Å². The van der Waals surface area contributed by atoms with E-state index >= 15 is 0 Å². The van der Waals surface area contributed by atoms with Gasteiger partial charge in [-0.15, -0.1) is 0 Å². The highest BCUT2D eigenvalue weighted by Crippen LogP contribution is 2.26. The highest BCUT2D eigenvalue weighted by Gasteiger charge is 2.20. The van der Waals surface area contributed by atoms with E-state index in [0.29, 0.717) is 0 Å². The van der Waals surface area contributed by atoms with Gasteiger partial charge in [0.1, 0.15) is 11.5 Å². The van der Waals surface area contributed by atoms with Gasteiger partial charge in [-0.3, -0.25) is 0 Å². The van der Waals surface area contributed by atoms with E-state index in [9.17, 15) is 0 Å². The molecule has 1 N–H and O–H groups in total. The molecule has 0 spiro atoms. The molecule has 0 heterocycles. The first-order chi connectivity index (χ1) is 10.1. The standard InChI is InChI=1S/C19H23NO/c1-13-4-8-18(10-14(13)2)21-19-9-5-16(15(3)11-19)12-20-17-6-7-17/h4-5,8-11,17,20H,6-7,12H2,1-3H3. The molecule has 0 radical (unpaired) electrons. The Labute approximate surface area is 127 Å². The molecule has 1 saturated carbocycles. The second-order valence-electron chi connectivity index (χ2n) is 6.09. The third-order valence-electron chi connectivity index (χ3n) is 4.19. The van der Waals surface area contributed by atoms with Gasteiger partial charge < -0.3 is 10.1 Å². The minimum Gasteiger partial charge on any atom is -0.457 e. The van der Waals surface area contributed by atoms with Crippen LogP contribution in [0.5, 0.6) is 11.5 Å². The summed E-state index contributed by atoms with van der Waals surface area (Å²) >= 11 is 0. The van der Waals surface area contributed by atoms with E-state index < -0.39 is 0 Å². The topological polar surface area (TPSA) is 21.3 Å². The molecule has 2 aromatic rings. The SMILES string of the molecule is Cc1ccc(Oc2ccc(CNC3CC3)c(C)c2)cc1C. The Hall–Kier alpha value is -1.80. The van der Waals surface area contributed by atoms with E-state index in [4.69, 9.17) is 4.74 Å². The largest absolute Gasteiger partial charge is 0.457 e. The molecule has 2 aromatic carbocycles. The van der Waals surface area contributed by atoms with Crippen molar-refractivity contribution in [3.63, 3.8) is 0 Å². The van der Waals surface area contributed by atoms with Gasteiger partial charge >= 0.3 is 0 Å². The van der Waals surface area contributed by atoms with Crippen LogP contribution in [0.25, 0.3) is 0 Å². The number of rotatable bonds is 5. The zero-order valence-electron chi connectivity index (χ0n) is 13.1. The zero-order valence-corrected chi connectivity index (χ0v) is 13.1. The molecule has 1 aliphatic rings. The van der Waals surface area contributed by atoms with E-state index in [2.05, 4.69) is 56.4 Å². The summed E-state index contributed by atoms with van der Waals surface area (Å²) in [5.41, 5.74) is 5.19. The Morgan fingerprint density at radius 3 is 2.19 bits per heavy atom. The first-order valence-corrected chi connectivity index (χ1v) is 7.70. The molecule has 3 rings (SSSR count). The predicted octanol–water partition coefficient (Wildman–Crippen LogP) is 4.66. The minimum absolute atomic E-state index is 0.746. The van der Waals surface area contributed by atoms with Gasteiger partial charge in [-0.2, -0.15) is 0 Å². The summed E-state index contributed by atoms with van der Waals surface area (Å²) in [6.45, 7) is 7.34. The van der Waals surface area contributed by atoms with Crippen LogP contribution in [0.1, 0.15) is 35.1 Å². The average molecular weight is 281 g/mol. The molecule has 21 heavy (non-hydrogen) atoms. The van der Waals surface area contributed by atoms with Gasteiger partial charge in [-0.1, -0.05) is 12.1 Å². The van der Waals surface area contributed by atoms with Gasteiger partial charge in [0, 0.05) is 12.6 Å². The molecule has 0 atom stereocenters. The van der Waals surface area contributed by atoms with Gasteiger partial charge in [-0.25, -0.2) is 0 Å². The van der Waals surface area contributed by atoms with Gasteiger partial charge in [0.25, 0.3) is 0 Å². The van der Waals surface area contributed by atoms with Crippen molar-refractivity contribution in [3.05, 3.63) is 58.7 Å². The van der Waals surface area contributed by atoms with E-state index in [-0.39, 0.29) is 0 Å². The molecule has 0 amide bonds. The second kappa shape index (κ2) is 5.90. The van der Waals surface area contributed by atoms with Crippen LogP contribution in [0.3, 0.4) is 0 Å². The van der Waals surface area contributed by atoms with Crippen LogP contribution in [0.2, 0.25) is 0 Å². The molecule has 0 aromatic heterocycles. The van der Waals surface area contributed by atoms with Crippen molar-refractivity contribution in [2.45, 2.75) is 46.2 Å².